The molecule has 0 aliphatic carbocycles. The van der Waals surface area contributed by atoms with Crippen molar-refractivity contribution in [2.45, 2.75) is 112 Å². The molecule has 0 saturated heterocycles. The Labute approximate surface area is 478 Å². The molecule has 0 atom stereocenters. The quantitative estimate of drug-likeness (QED) is 0.163. The van der Waals surface area contributed by atoms with E-state index in [-0.39, 0.29) is 89.9 Å². The molecular weight excluding hydrogens is 896 g/mol. The fourth-order valence-electron chi connectivity index (χ4n) is 10.1. The maximum atomic E-state index is 11.1. The fourth-order valence-corrected chi connectivity index (χ4v) is 10.1. The molecule has 0 saturated carbocycles. The van der Waals surface area contributed by atoms with Crippen LogP contribution in [0.15, 0.2) is 169 Å². The van der Waals surface area contributed by atoms with Crippen LogP contribution in [0.25, 0.3) is 38.3 Å². The van der Waals surface area contributed by atoms with Crippen molar-refractivity contribution in [3.63, 3.8) is 0 Å². The second-order valence-corrected chi connectivity index (χ2v) is 23.3. The zero-order chi connectivity index (χ0) is 75.9. The van der Waals surface area contributed by atoms with Gasteiger partial charge in [0.25, 0.3) is 6.71 Å². The van der Waals surface area contributed by atoms with Crippen LogP contribution in [0.1, 0.15) is 149 Å². The summed E-state index contributed by atoms with van der Waals surface area (Å²) in [5, 5.41) is -1.44. The maximum Gasteiger partial charge on any atom is 0.252 e. The number of hydrogen-bond acceptors (Lipinski definition) is 3. The van der Waals surface area contributed by atoms with Crippen LogP contribution in [-0.2, 0) is 21.7 Å². The van der Waals surface area contributed by atoms with E-state index in [1.54, 1.807) is 83.1 Å². The van der Waals surface area contributed by atoms with Crippen LogP contribution < -0.4 is 31.1 Å². The molecule has 9 aromatic carbocycles. The zero-order valence-corrected chi connectivity index (χ0v) is 43.4. The predicted octanol–water partition coefficient (Wildman–Crippen LogP) is 17.3. The van der Waals surface area contributed by atoms with Gasteiger partial charge in [-0.1, -0.05) is 168 Å². The maximum absolute atomic E-state index is 11.1. The van der Waals surface area contributed by atoms with E-state index in [1.165, 1.54) is 16.4 Å². The molecule has 3 aliphatic rings. The van der Waals surface area contributed by atoms with Gasteiger partial charge in [-0.2, -0.15) is 0 Å². The minimum absolute atomic E-state index is 0.0351. The predicted molar refractivity (Wildman–Crippen MR) is 320 cm³/mol. The Hall–Kier alpha value is -7.50. The highest BCUT2D eigenvalue weighted by Crippen LogP contribution is 2.54. The largest absolute Gasteiger partial charge is 0.311 e. The number of fused-ring (bicyclic) bond motifs is 10. The number of benzene rings is 9. The average molecular weight is 991 g/mol. The third-order valence-electron chi connectivity index (χ3n) is 13.8. The summed E-state index contributed by atoms with van der Waals surface area (Å²) in [6, 6.07) is -21.5. The third-order valence-corrected chi connectivity index (χ3v) is 13.8. The van der Waals surface area contributed by atoms with Gasteiger partial charge in [0.2, 0.25) is 0 Å². The van der Waals surface area contributed by atoms with Gasteiger partial charge in [0.15, 0.2) is 0 Å². The van der Waals surface area contributed by atoms with Crippen LogP contribution in [0.3, 0.4) is 0 Å². The SMILES string of the molecule is [2H]c1c([2H])c2c3c(c1[2H])-n1c4c([2H])c([2H])c(C(C)(C)C)c([2H])c4c4c([2H])c(C(C)(C)C)c([2H])c(c41)N3c1c([2H])c(C)c([2H])c3c1B2c1c([2H])c([2H])c(N(c2c([2H])c([2H])c(C(C)(C)C)c([2H])c2[2H])c2c([2H])c([2H])c(C(C)(C)C)c([2H])c2[2H])c([2H])c1N3c1c([2H])c([2H])c([2H])c2c([2H])c([2H])c([2H])c([2H])c12. The highest BCUT2D eigenvalue weighted by molar-refractivity contribution is 7.00. The van der Waals surface area contributed by atoms with Crippen molar-refractivity contribution in [1.82, 2.24) is 4.57 Å². The molecule has 0 fully saturated rings. The lowest BCUT2D eigenvalue weighted by Crippen LogP contribution is -2.61. The Morgan fingerprint density at radius 3 is 1.61 bits per heavy atom. The molecule has 13 rings (SSSR count). The van der Waals surface area contributed by atoms with Gasteiger partial charge in [-0.05, 0) is 163 Å². The van der Waals surface area contributed by atoms with Crippen LogP contribution in [-0.4, -0.2) is 11.3 Å². The van der Waals surface area contributed by atoms with E-state index in [4.69, 9.17) is 2.74 Å². The summed E-state index contributed by atoms with van der Waals surface area (Å²) in [6.45, 7) is 19.5. The first kappa shape index (κ1) is 25.2. The summed E-state index contributed by atoms with van der Waals surface area (Å²) in [5.41, 5.74) is -12.4. The number of anilines is 9. The molecule has 0 amide bonds. The molecule has 4 nitrogen and oxygen atoms in total. The zero-order valence-electron chi connectivity index (χ0n) is 71.4. The Balaban J connectivity index is 1.35. The number of para-hydroxylation sites is 1. The molecule has 5 heteroatoms. The van der Waals surface area contributed by atoms with Gasteiger partial charge in [-0.3, -0.25) is 0 Å². The second-order valence-electron chi connectivity index (χ2n) is 23.3. The Morgan fingerprint density at radius 1 is 0.405 bits per heavy atom. The summed E-state index contributed by atoms with van der Waals surface area (Å²) in [4.78, 5) is 2.90. The van der Waals surface area contributed by atoms with Crippen molar-refractivity contribution in [1.29, 1.82) is 0 Å². The van der Waals surface area contributed by atoms with Crippen molar-refractivity contribution in [2.24, 2.45) is 0 Å². The summed E-state index contributed by atoms with van der Waals surface area (Å²) in [7, 11) is 0. The normalized spacial score (nSPS) is 19.2. The van der Waals surface area contributed by atoms with Gasteiger partial charge in [-0.15, -0.1) is 0 Å². The number of rotatable bonds is 4. The summed E-state index contributed by atoms with van der Waals surface area (Å²) in [6.07, 6.45) is 0. The van der Waals surface area contributed by atoms with E-state index in [1.807, 2.05) is 0 Å². The lowest BCUT2D eigenvalue weighted by molar-refractivity contribution is 0.590. The lowest BCUT2D eigenvalue weighted by Gasteiger charge is -2.46. The first-order valence-corrected chi connectivity index (χ1v) is 24.5. The monoisotopic (exact) mass is 991 g/mol. The van der Waals surface area contributed by atoms with Gasteiger partial charge in [-0.25, -0.2) is 0 Å². The molecule has 366 valence electrons. The Morgan fingerprint density at radius 2 is 0.959 bits per heavy atom. The van der Waals surface area contributed by atoms with Crippen LogP contribution in [0.2, 0.25) is 0 Å². The van der Waals surface area contributed by atoms with Gasteiger partial charge < -0.3 is 19.3 Å². The number of nitrogens with zero attached hydrogens (tertiary/aromatic N) is 4. The van der Waals surface area contributed by atoms with E-state index >= 15 is 0 Å². The molecule has 0 radical (unpaired) electrons. The molecule has 74 heavy (non-hydrogen) atoms. The Bertz CT molecular complexity index is 5510. The van der Waals surface area contributed by atoms with Crippen molar-refractivity contribution in [3.05, 3.63) is 197 Å². The topological polar surface area (TPSA) is 14.7 Å². The second kappa shape index (κ2) is 15.8. The van der Waals surface area contributed by atoms with Crippen molar-refractivity contribution in [3.8, 4) is 5.69 Å². The molecule has 10 aromatic rings. The van der Waals surface area contributed by atoms with Crippen molar-refractivity contribution in [2.75, 3.05) is 14.7 Å². The highest BCUT2D eigenvalue weighted by Gasteiger charge is 2.47. The van der Waals surface area contributed by atoms with E-state index in [2.05, 4.69) is 0 Å². The molecular formula is C69H67BN4. The van der Waals surface area contributed by atoms with Crippen LogP contribution in [0.4, 0.5) is 51.2 Å². The minimum Gasteiger partial charge on any atom is -0.311 e. The first-order chi connectivity index (χ1) is 46.9. The van der Waals surface area contributed by atoms with E-state index in [0.717, 1.165) is 4.90 Å². The molecule has 1 aromatic heterocycles. The minimum atomic E-state index is -1.99. The van der Waals surface area contributed by atoms with Crippen molar-refractivity contribution >= 4 is 107 Å². The van der Waals surface area contributed by atoms with E-state index < -0.39 is 241 Å². The standard InChI is InChI=1S/C69H67BN4/c1-42-36-60-63-61(37-42)74-62-40-47(69(11,12)13)39-53-52-38-46(68(8,9)10)28-35-57(52)73(64(53)62)58-23-17-21-55(65(58)74)70(63)54-34-33-50(41-59(54)72(60)56-22-16-19-43-18-14-15-20-51(43)56)71(48-29-24-44(25-30-48)66(2,3)4)49-31-26-45(27-32-49)67(5,6)7/h14-41H,1-13H3/i14D,15D,16D,17D,18D,19D,20D,21D,22D,23D,24D,25D,26D,27D,28D,29D,30D,31D,32D,33D,34D,35D,36D,37D,38D,39D,40D,41D. The Kier molecular flexibility index (Phi) is 5.36. The van der Waals surface area contributed by atoms with Gasteiger partial charge in [0.05, 0.1) is 72.2 Å². The molecule has 0 N–H and O–H groups in total. The summed E-state index contributed by atoms with van der Waals surface area (Å²) >= 11 is 0. The lowest BCUT2D eigenvalue weighted by atomic mass is 9.33. The average Bonchev–Trinajstić information content (AvgIpc) is 1.19. The fraction of sp³-hybridized carbons (Fsp3) is 0.246. The van der Waals surface area contributed by atoms with Gasteiger partial charge in [0, 0.05) is 50.3 Å². The van der Waals surface area contributed by atoms with E-state index in [0.29, 0.717) is 4.90 Å². The van der Waals surface area contributed by atoms with E-state index in [9.17, 15) is 35.6 Å². The van der Waals surface area contributed by atoms with Crippen LogP contribution in [0.5, 0.6) is 0 Å². The van der Waals surface area contributed by atoms with Crippen molar-refractivity contribution < 1.29 is 38.4 Å². The van der Waals surface area contributed by atoms with Gasteiger partial charge in [0.1, 0.15) is 0 Å². The molecule has 0 unspecified atom stereocenters. The molecule has 0 spiro atoms. The summed E-state index contributed by atoms with van der Waals surface area (Å²) in [5.74, 6) is 0. The van der Waals surface area contributed by atoms with Gasteiger partial charge >= 0.3 is 0 Å². The highest BCUT2D eigenvalue weighted by atomic mass is 15.2. The van der Waals surface area contributed by atoms with Crippen LogP contribution >= 0.6 is 0 Å². The van der Waals surface area contributed by atoms with Crippen LogP contribution in [0, 0.1) is 6.92 Å². The molecule has 0 bridgehead atoms. The number of hydrogen-bond donors (Lipinski definition) is 0. The third kappa shape index (κ3) is 6.95. The summed E-state index contributed by atoms with van der Waals surface area (Å²) < 4.78 is 280. The first-order valence-electron chi connectivity index (χ1n) is 38.5. The molecule has 4 heterocycles. The number of aromatic nitrogens is 1. The molecule has 3 aliphatic heterocycles. The smallest absolute Gasteiger partial charge is 0.252 e.